The maximum absolute atomic E-state index is 13.4. The number of likely N-dealkylation sites (N-methyl/N-ethyl adjacent to an activating group) is 1. The lowest BCUT2D eigenvalue weighted by Gasteiger charge is -2.43. The third kappa shape index (κ3) is 6.50. The highest BCUT2D eigenvalue weighted by Crippen LogP contribution is 2.36. The van der Waals surface area contributed by atoms with Crippen LogP contribution in [0.4, 0.5) is 32.0 Å². The van der Waals surface area contributed by atoms with Crippen LogP contribution in [0.15, 0.2) is 18.2 Å². The molecule has 1 aromatic carbocycles. The van der Waals surface area contributed by atoms with Gasteiger partial charge in [0.1, 0.15) is 12.8 Å². The van der Waals surface area contributed by atoms with Gasteiger partial charge in [-0.25, -0.2) is 0 Å². The molecule has 1 saturated carbocycles. The number of hydrogen-bond donors (Lipinski definition) is 1. The SMILES string of the molecule is CCC(C(O)N(C)C1CCCCC1)N(CC(F)(F)F)c1ccc(C#N)c(C(F)(F)F)c1. The number of benzene rings is 1. The van der Waals surface area contributed by atoms with Crippen LogP contribution in [-0.2, 0) is 6.18 Å². The summed E-state index contributed by atoms with van der Waals surface area (Å²) in [5, 5.41) is 19.9. The Morgan fingerprint density at radius 3 is 2.23 bits per heavy atom. The highest BCUT2D eigenvalue weighted by atomic mass is 19.4. The van der Waals surface area contributed by atoms with Crippen molar-refractivity contribution in [3.63, 3.8) is 0 Å². The number of hydrogen-bond acceptors (Lipinski definition) is 4. The molecule has 0 saturated heterocycles. The summed E-state index contributed by atoms with van der Waals surface area (Å²) in [5.74, 6) is 0. The number of rotatable bonds is 7. The molecule has 0 aliphatic heterocycles. The van der Waals surface area contributed by atoms with Crippen molar-refractivity contribution >= 4 is 5.69 Å². The van der Waals surface area contributed by atoms with Crippen molar-refractivity contribution in [3.05, 3.63) is 29.3 Å². The van der Waals surface area contributed by atoms with Gasteiger partial charge >= 0.3 is 12.4 Å². The molecule has 10 heteroatoms. The maximum atomic E-state index is 13.4. The molecule has 2 unspecified atom stereocenters. The van der Waals surface area contributed by atoms with Crippen molar-refractivity contribution in [1.29, 1.82) is 5.26 Å². The summed E-state index contributed by atoms with van der Waals surface area (Å²) in [6, 6.07) is 2.82. The predicted molar refractivity (Wildman–Crippen MR) is 104 cm³/mol. The summed E-state index contributed by atoms with van der Waals surface area (Å²) in [6.07, 6.45) is -6.26. The fraction of sp³-hybridized carbons (Fsp3) is 0.667. The maximum Gasteiger partial charge on any atom is 0.417 e. The average Bonchev–Trinajstić information content (AvgIpc) is 2.71. The van der Waals surface area contributed by atoms with Gasteiger partial charge in [0.25, 0.3) is 0 Å². The van der Waals surface area contributed by atoms with E-state index in [1.54, 1.807) is 18.9 Å². The smallest absolute Gasteiger partial charge is 0.376 e. The van der Waals surface area contributed by atoms with E-state index in [0.717, 1.165) is 49.1 Å². The Kier molecular flexibility index (Phi) is 8.22. The van der Waals surface area contributed by atoms with E-state index in [1.807, 2.05) is 0 Å². The van der Waals surface area contributed by atoms with Crippen LogP contribution in [0.25, 0.3) is 0 Å². The molecular formula is C21H27F6N3O. The van der Waals surface area contributed by atoms with Crippen LogP contribution < -0.4 is 4.90 Å². The summed E-state index contributed by atoms with van der Waals surface area (Å²) in [5.41, 5.74) is -2.31. The fourth-order valence-corrected chi connectivity index (χ4v) is 4.20. The molecule has 0 heterocycles. The average molecular weight is 451 g/mol. The Labute approximate surface area is 178 Å². The second kappa shape index (κ2) is 10.1. The quantitative estimate of drug-likeness (QED) is 0.451. The Balaban J connectivity index is 2.45. The zero-order valence-electron chi connectivity index (χ0n) is 17.5. The summed E-state index contributed by atoms with van der Waals surface area (Å²) in [6.45, 7) is 0.0601. The number of aliphatic hydroxyl groups excluding tert-OH is 1. The highest BCUT2D eigenvalue weighted by Gasteiger charge is 2.40. The molecule has 4 nitrogen and oxygen atoms in total. The molecule has 0 amide bonds. The van der Waals surface area contributed by atoms with E-state index in [0.29, 0.717) is 6.07 Å². The van der Waals surface area contributed by atoms with Gasteiger partial charge in [-0.2, -0.15) is 31.6 Å². The minimum atomic E-state index is -4.90. The van der Waals surface area contributed by atoms with E-state index < -0.39 is 42.3 Å². The monoisotopic (exact) mass is 451 g/mol. The third-order valence-corrected chi connectivity index (χ3v) is 5.84. The predicted octanol–water partition coefficient (Wildman–Crippen LogP) is 5.31. The minimum absolute atomic E-state index is 0.00256. The number of nitrogens with zero attached hydrogens (tertiary/aromatic N) is 3. The molecule has 0 radical (unpaired) electrons. The lowest BCUT2D eigenvalue weighted by atomic mass is 9.93. The molecule has 0 spiro atoms. The largest absolute Gasteiger partial charge is 0.417 e. The van der Waals surface area contributed by atoms with Gasteiger partial charge in [-0.15, -0.1) is 0 Å². The van der Waals surface area contributed by atoms with Crippen molar-refractivity contribution < 1.29 is 31.4 Å². The summed E-state index contributed by atoms with van der Waals surface area (Å²) in [4.78, 5) is 2.39. The second-order valence-electron chi connectivity index (χ2n) is 7.93. The first-order valence-corrected chi connectivity index (χ1v) is 10.2. The van der Waals surface area contributed by atoms with E-state index >= 15 is 0 Å². The molecule has 174 valence electrons. The van der Waals surface area contributed by atoms with E-state index in [1.165, 1.54) is 6.07 Å². The molecule has 1 aliphatic carbocycles. The van der Waals surface area contributed by atoms with E-state index in [-0.39, 0.29) is 18.2 Å². The Morgan fingerprint density at radius 2 is 1.74 bits per heavy atom. The molecule has 31 heavy (non-hydrogen) atoms. The Bertz CT molecular complexity index is 768. The summed E-state index contributed by atoms with van der Waals surface area (Å²) in [7, 11) is 1.63. The number of aliphatic hydroxyl groups is 1. The second-order valence-corrected chi connectivity index (χ2v) is 7.93. The van der Waals surface area contributed by atoms with Crippen molar-refractivity contribution in [2.75, 3.05) is 18.5 Å². The van der Waals surface area contributed by atoms with Crippen molar-refractivity contribution in [2.45, 2.75) is 76.1 Å². The van der Waals surface area contributed by atoms with Gasteiger partial charge in [-0.3, -0.25) is 4.90 Å². The molecule has 1 aliphatic rings. The lowest BCUT2D eigenvalue weighted by Crippen LogP contribution is -2.55. The topological polar surface area (TPSA) is 50.5 Å². The van der Waals surface area contributed by atoms with Gasteiger partial charge in [0.15, 0.2) is 0 Å². The zero-order valence-corrected chi connectivity index (χ0v) is 17.5. The van der Waals surface area contributed by atoms with Gasteiger partial charge in [-0.05, 0) is 44.5 Å². The Hall–Kier alpha value is -1.99. The molecule has 0 aromatic heterocycles. The van der Waals surface area contributed by atoms with Crippen LogP contribution in [0.5, 0.6) is 0 Å². The van der Waals surface area contributed by atoms with Gasteiger partial charge in [-0.1, -0.05) is 26.2 Å². The minimum Gasteiger partial charge on any atom is -0.376 e. The van der Waals surface area contributed by atoms with Crippen LogP contribution in [0.2, 0.25) is 0 Å². The fourth-order valence-electron chi connectivity index (χ4n) is 4.20. The van der Waals surface area contributed by atoms with Crippen molar-refractivity contribution in [2.24, 2.45) is 0 Å². The van der Waals surface area contributed by atoms with Crippen LogP contribution in [-0.4, -0.2) is 48.1 Å². The molecule has 1 aromatic rings. The van der Waals surface area contributed by atoms with Crippen LogP contribution >= 0.6 is 0 Å². The van der Waals surface area contributed by atoms with Crippen molar-refractivity contribution in [1.82, 2.24) is 4.90 Å². The number of alkyl halides is 6. The highest BCUT2D eigenvalue weighted by molar-refractivity contribution is 5.55. The van der Waals surface area contributed by atoms with E-state index in [9.17, 15) is 31.4 Å². The molecule has 2 atom stereocenters. The number of halogens is 6. The number of anilines is 1. The molecule has 1 fully saturated rings. The van der Waals surface area contributed by atoms with Gasteiger partial charge in [0.2, 0.25) is 0 Å². The number of nitriles is 1. The lowest BCUT2D eigenvalue weighted by molar-refractivity contribution is -0.137. The summed E-state index contributed by atoms with van der Waals surface area (Å²) < 4.78 is 80.3. The third-order valence-electron chi connectivity index (χ3n) is 5.84. The molecule has 2 rings (SSSR count). The standard InChI is InChI=1S/C21H27F6N3O/c1-3-18(19(31)29(2)15-7-5-4-6-8-15)30(13-20(22,23)24)16-10-9-14(12-28)17(11-16)21(25,26)27/h9-11,15,18-19,31H,3-8,13H2,1-2H3. The molecular weight excluding hydrogens is 424 g/mol. The first-order valence-electron chi connectivity index (χ1n) is 10.2. The van der Waals surface area contributed by atoms with Crippen molar-refractivity contribution in [3.8, 4) is 6.07 Å². The van der Waals surface area contributed by atoms with Crippen LogP contribution in [0, 0.1) is 11.3 Å². The zero-order chi connectivity index (χ0) is 23.4. The van der Waals surface area contributed by atoms with E-state index in [2.05, 4.69) is 0 Å². The Morgan fingerprint density at radius 1 is 1.13 bits per heavy atom. The normalized spacial score (nSPS) is 18.0. The van der Waals surface area contributed by atoms with E-state index in [4.69, 9.17) is 5.26 Å². The van der Waals surface area contributed by atoms with Crippen LogP contribution in [0.1, 0.15) is 56.6 Å². The first-order chi connectivity index (χ1) is 14.4. The molecule has 0 bridgehead atoms. The van der Waals surface area contributed by atoms with Gasteiger partial charge in [0.05, 0.1) is 23.2 Å². The molecule has 1 N–H and O–H groups in total. The van der Waals surface area contributed by atoms with Gasteiger partial charge in [0, 0.05) is 11.7 Å². The first kappa shape index (κ1) is 25.3. The summed E-state index contributed by atoms with van der Waals surface area (Å²) >= 11 is 0. The van der Waals surface area contributed by atoms with Gasteiger partial charge < -0.3 is 10.0 Å². The van der Waals surface area contributed by atoms with Crippen LogP contribution in [0.3, 0.4) is 0 Å².